The van der Waals surface area contributed by atoms with E-state index in [0.717, 1.165) is 6.07 Å². The molecule has 0 bridgehead atoms. The molecule has 6 rings (SSSR count). The first-order chi connectivity index (χ1) is 20.5. The number of imidazole rings is 1. The summed E-state index contributed by atoms with van der Waals surface area (Å²) in [6, 6.07) is 8.88. The molecule has 6 nitrogen and oxygen atoms in total. The molecule has 0 N–H and O–H groups in total. The molecule has 15 heteroatoms. The largest absolute Gasteiger partial charge is 0.435 e. The van der Waals surface area contributed by atoms with Crippen molar-refractivity contribution in [2.75, 3.05) is 6.54 Å². The number of amides is 1. The standard InChI is InChI=1S/C29H21ClF7N3O3S/c30-20-4-7-22(8-5-20)44(42,43)26-11-12-40(25(41)18-1-6-21-14-38-16-39(21)15-18)24(26)10-2-17-13-19(3-9-23(17)26)27(31,28(32,33)34)29(35,36)37/h1,3-9,13-16,24H,2,10-12H2. The maximum absolute atomic E-state index is 15.0. The minimum Gasteiger partial charge on any atom is -0.334 e. The highest BCUT2D eigenvalue weighted by Gasteiger charge is 2.73. The van der Waals surface area contributed by atoms with E-state index in [4.69, 9.17) is 11.6 Å². The number of hydrogen-bond acceptors (Lipinski definition) is 4. The smallest absolute Gasteiger partial charge is 0.334 e. The van der Waals surface area contributed by atoms with Gasteiger partial charge in [-0.25, -0.2) is 17.8 Å². The summed E-state index contributed by atoms with van der Waals surface area (Å²) in [5, 5.41) is 0.225. The van der Waals surface area contributed by atoms with E-state index in [2.05, 4.69) is 4.98 Å². The van der Waals surface area contributed by atoms with Crippen molar-refractivity contribution >= 4 is 32.9 Å². The topological polar surface area (TPSA) is 71.8 Å². The molecule has 1 fully saturated rings. The first-order valence-electron chi connectivity index (χ1n) is 13.2. The van der Waals surface area contributed by atoms with Gasteiger partial charge in [0.05, 0.1) is 34.5 Å². The molecule has 1 aliphatic carbocycles. The predicted octanol–water partition coefficient (Wildman–Crippen LogP) is 6.81. The van der Waals surface area contributed by atoms with Gasteiger partial charge >= 0.3 is 18.0 Å². The minimum absolute atomic E-state index is 0.0838. The van der Waals surface area contributed by atoms with Gasteiger partial charge in [0.25, 0.3) is 5.91 Å². The Morgan fingerprint density at radius 2 is 1.64 bits per heavy atom. The SMILES string of the molecule is O=C(c1ccc2cncn2c1)N1CCC2(S(=O)(=O)c3ccc(Cl)cc3)c3ccc(C(F)(C(F)(F)F)C(F)(F)F)cc3CCC12. The number of aryl methyl sites for hydroxylation is 1. The number of likely N-dealkylation sites (tertiary alicyclic amines) is 1. The van der Waals surface area contributed by atoms with Crippen LogP contribution in [0.2, 0.25) is 5.02 Å². The molecule has 3 heterocycles. The van der Waals surface area contributed by atoms with E-state index in [0.29, 0.717) is 17.6 Å². The van der Waals surface area contributed by atoms with Crippen LogP contribution in [0.4, 0.5) is 30.7 Å². The maximum atomic E-state index is 15.0. The van der Waals surface area contributed by atoms with Crippen LogP contribution < -0.4 is 0 Å². The third-order valence-corrected chi connectivity index (χ3v) is 11.4. The molecule has 0 radical (unpaired) electrons. The summed E-state index contributed by atoms with van der Waals surface area (Å²) >= 11 is 5.96. The van der Waals surface area contributed by atoms with Crippen LogP contribution in [0.15, 0.2) is 78.2 Å². The maximum Gasteiger partial charge on any atom is 0.435 e. The summed E-state index contributed by atoms with van der Waals surface area (Å²) in [4.78, 5) is 19.0. The highest BCUT2D eigenvalue weighted by molar-refractivity contribution is 7.92. The van der Waals surface area contributed by atoms with E-state index in [1.165, 1.54) is 41.7 Å². The Morgan fingerprint density at radius 1 is 0.955 bits per heavy atom. The number of hydrogen-bond donors (Lipinski definition) is 0. The second kappa shape index (κ2) is 9.93. The van der Waals surface area contributed by atoms with Crippen molar-refractivity contribution in [3.8, 4) is 0 Å². The molecule has 2 unspecified atom stereocenters. The average molecular weight is 660 g/mol. The molecular weight excluding hydrogens is 639 g/mol. The summed E-state index contributed by atoms with van der Waals surface area (Å²) in [6.45, 7) is -0.0857. The van der Waals surface area contributed by atoms with E-state index in [9.17, 15) is 39.6 Å². The number of rotatable bonds is 4. The highest BCUT2D eigenvalue weighted by Crippen LogP contribution is 2.56. The van der Waals surface area contributed by atoms with Crippen molar-refractivity contribution in [1.29, 1.82) is 0 Å². The van der Waals surface area contributed by atoms with Gasteiger partial charge in [0, 0.05) is 23.3 Å². The molecule has 0 saturated carbocycles. The molecule has 2 aliphatic rings. The lowest BCUT2D eigenvalue weighted by atomic mass is 9.76. The lowest BCUT2D eigenvalue weighted by Crippen LogP contribution is -2.53. The Balaban J connectivity index is 1.52. The van der Waals surface area contributed by atoms with Crippen molar-refractivity contribution < 1.29 is 43.9 Å². The van der Waals surface area contributed by atoms with Gasteiger partial charge in [-0.05, 0) is 66.8 Å². The van der Waals surface area contributed by atoms with Gasteiger partial charge in [0.15, 0.2) is 9.84 Å². The molecule has 1 aliphatic heterocycles. The number of benzene rings is 2. The molecule has 2 aromatic heterocycles. The van der Waals surface area contributed by atoms with Crippen molar-refractivity contribution in [3.63, 3.8) is 0 Å². The number of aromatic nitrogens is 2. The normalized spacial score (nSPS) is 20.9. The van der Waals surface area contributed by atoms with Crippen LogP contribution in [0.3, 0.4) is 0 Å². The zero-order valence-electron chi connectivity index (χ0n) is 22.3. The average Bonchev–Trinajstić information content (AvgIpc) is 3.60. The minimum atomic E-state index is -6.34. The first kappa shape index (κ1) is 30.4. The third-order valence-electron chi connectivity index (χ3n) is 8.59. The number of sulfone groups is 1. The number of fused-ring (bicyclic) bond motifs is 4. The van der Waals surface area contributed by atoms with Crippen LogP contribution in [0.5, 0.6) is 0 Å². The predicted molar refractivity (Wildman–Crippen MR) is 145 cm³/mol. The van der Waals surface area contributed by atoms with E-state index in [-0.39, 0.29) is 52.4 Å². The number of alkyl halides is 7. The van der Waals surface area contributed by atoms with Gasteiger partial charge in [-0.15, -0.1) is 0 Å². The van der Waals surface area contributed by atoms with E-state index >= 15 is 4.39 Å². The van der Waals surface area contributed by atoms with Crippen LogP contribution in [-0.2, 0) is 26.7 Å². The molecule has 44 heavy (non-hydrogen) atoms. The Hall–Kier alpha value is -3.65. The van der Waals surface area contributed by atoms with E-state index in [1.54, 1.807) is 22.7 Å². The Morgan fingerprint density at radius 3 is 2.30 bits per heavy atom. The van der Waals surface area contributed by atoms with E-state index < -0.39 is 50.1 Å². The second-order valence-electron chi connectivity index (χ2n) is 10.8. The fourth-order valence-electron chi connectivity index (χ4n) is 6.51. The van der Waals surface area contributed by atoms with Crippen LogP contribution in [0.25, 0.3) is 5.52 Å². The lowest BCUT2D eigenvalue weighted by molar-refractivity contribution is -0.348. The molecule has 2 atom stereocenters. The van der Waals surface area contributed by atoms with Crippen molar-refractivity contribution in [2.24, 2.45) is 0 Å². The van der Waals surface area contributed by atoms with Gasteiger partial charge < -0.3 is 9.30 Å². The third kappa shape index (κ3) is 4.24. The van der Waals surface area contributed by atoms with Gasteiger partial charge in [0.2, 0.25) is 0 Å². The monoisotopic (exact) mass is 659 g/mol. The van der Waals surface area contributed by atoms with Gasteiger partial charge in [-0.3, -0.25) is 4.79 Å². The quantitative estimate of drug-likeness (QED) is 0.226. The zero-order chi connectivity index (χ0) is 31.9. The Bertz CT molecular complexity index is 1880. The Labute approximate surface area is 251 Å². The number of pyridine rings is 1. The first-order valence-corrected chi connectivity index (χ1v) is 15.1. The number of carbonyl (C=O) groups excluding carboxylic acids is 1. The van der Waals surface area contributed by atoms with Crippen LogP contribution in [0, 0.1) is 0 Å². The number of carbonyl (C=O) groups is 1. The number of nitrogens with zero attached hydrogens (tertiary/aromatic N) is 3. The molecule has 1 amide bonds. The van der Waals surface area contributed by atoms with Gasteiger partial charge in [-0.2, -0.15) is 26.3 Å². The van der Waals surface area contributed by atoms with Gasteiger partial charge in [-0.1, -0.05) is 29.8 Å². The second-order valence-corrected chi connectivity index (χ2v) is 13.5. The molecular formula is C29H21ClF7N3O3S. The summed E-state index contributed by atoms with van der Waals surface area (Å²) < 4.78 is 125. The van der Waals surface area contributed by atoms with Crippen LogP contribution in [0.1, 0.15) is 39.9 Å². The fraction of sp³-hybridized carbons (Fsp3) is 0.310. The van der Waals surface area contributed by atoms with E-state index in [1.807, 2.05) is 0 Å². The van der Waals surface area contributed by atoms with Crippen molar-refractivity contribution in [1.82, 2.24) is 14.3 Å². The summed E-state index contributed by atoms with van der Waals surface area (Å²) in [5.41, 5.74) is -6.73. The van der Waals surface area contributed by atoms with Crippen molar-refractivity contribution in [3.05, 3.63) is 101 Å². The Kier molecular flexibility index (Phi) is 6.85. The summed E-state index contributed by atoms with van der Waals surface area (Å²) in [5.74, 6) is -0.518. The molecule has 1 saturated heterocycles. The molecule has 2 aromatic carbocycles. The molecule has 0 spiro atoms. The van der Waals surface area contributed by atoms with Crippen LogP contribution in [-0.4, -0.2) is 53.5 Å². The molecule has 232 valence electrons. The summed E-state index contributed by atoms with van der Waals surface area (Å²) in [7, 11) is -4.48. The lowest BCUT2D eigenvalue weighted by Gasteiger charge is -2.43. The number of halogens is 8. The fourth-order valence-corrected chi connectivity index (χ4v) is 9.00. The highest BCUT2D eigenvalue weighted by atomic mass is 35.5. The zero-order valence-corrected chi connectivity index (χ0v) is 23.9. The van der Waals surface area contributed by atoms with Crippen molar-refractivity contribution in [2.45, 2.75) is 53.0 Å². The molecule has 4 aromatic rings. The van der Waals surface area contributed by atoms with Gasteiger partial charge in [0.1, 0.15) is 4.75 Å². The van der Waals surface area contributed by atoms with Crippen LogP contribution >= 0.6 is 11.6 Å². The summed E-state index contributed by atoms with van der Waals surface area (Å²) in [6.07, 6.45) is -8.64.